The van der Waals surface area contributed by atoms with Crippen LogP contribution in [0.2, 0.25) is 0 Å². The maximum atomic E-state index is 12.6. The zero-order valence-corrected chi connectivity index (χ0v) is 14.0. The summed E-state index contributed by atoms with van der Waals surface area (Å²) < 4.78 is 0. The van der Waals surface area contributed by atoms with Crippen LogP contribution in [0.3, 0.4) is 0 Å². The molecule has 1 atom stereocenters. The minimum atomic E-state index is -0.953. The van der Waals surface area contributed by atoms with Crippen LogP contribution >= 0.6 is 0 Å². The number of nitrogens with zero attached hydrogens (tertiary/aromatic N) is 2. The molecule has 1 aromatic carbocycles. The highest BCUT2D eigenvalue weighted by atomic mass is 16.6. The predicted molar refractivity (Wildman–Crippen MR) is 88.8 cm³/mol. The molecule has 25 heavy (non-hydrogen) atoms. The van der Waals surface area contributed by atoms with Crippen molar-refractivity contribution >= 4 is 17.4 Å². The third-order valence-electron chi connectivity index (χ3n) is 3.94. The number of hydrogen-bond acceptors (Lipinski definition) is 6. The van der Waals surface area contributed by atoms with Gasteiger partial charge in [0.15, 0.2) is 11.5 Å². The highest BCUT2D eigenvalue weighted by molar-refractivity contribution is 6.09. The van der Waals surface area contributed by atoms with Gasteiger partial charge in [0.05, 0.1) is 23.1 Å². The Balaban J connectivity index is 2.54. The minimum absolute atomic E-state index is 0.0144. The molecule has 0 radical (unpaired) electrons. The number of amides is 1. The number of ketones is 1. The monoisotopic (exact) mass is 348 g/mol. The number of benzene rings is 1. The first kappa shape index (κ1) is 18.6. The van der Waals surface area contributed by atoms with Gasteiger partial charge in [0, 0.05) is 25.1 Å². The van der Waals surface area contributed by atoms with E-state index in [0.29, 0.717) is 5.56 Å². The summed E-state index contributed by atoms with van der Waals surface area (Å²) in [5.41, 5.74) is 0.0794. The lowest BCUT2D eigenvalue weighted by atomic mass is 9.92. The molecule has 0 aliphatic carbocycles. The van der Waals surface area contributed by atoms with E-state index in [0.717, 1.165) is 4.90 Å². The molecule has 1 amide bonds. The molecule has 0 bridgehead atoms. The van der Waals surface area contributed by atoms with Crippen molar-refractivity contribution in [2.24, 2.45) is 5.92 Å². The average Bonchev–Trinajstić information content (AvgIpc) is 2.79. The number of aliphatic hydroxyl groups is 2. The van der Waals surface area contributed by atoms with Gasteiger partial charge in [0.1, 0.15) is 0 Å². The molecule has 2 N–H and O–H groups in total. The van der Waals surface area contributed by atoms with Crippen LogP contribution in [0.5, 0.6) is 0 Å². The fraction of sp³-hybridized carbons (Fsp3) is 0.412. The molecule has 8 nitrogen and oxygen atoms in total. The summed E-state index contributed by atoms with van der Waals surface area (Å²) in [5, 5.41) is 30.4. The van der Waals surface area contributed by atoms with Gasteiger partial charge in [-0.15, -0.1) is 0 Å². The molecule has 0 spiro atoms. The van der Waals surface area contributed by atoms with E-state index in [1.165, 1.54) is 18.2 Å². The molecule has 0 saturated heterocycles. The van der Waals surface area contributed by atoms with Gasteiger partial charge >= 0.3 is 0 Å². The molecule has 134 valence electrons. The van der Waals surface area contributed by atoms with Crippen molar-refractivity contribution in [3.63, 3.8) is 0 Å². The Morgan fingerprint density at radius 1 is 1.40 bits per heavy atom. The quantitative estimate of drug-likeness (QED) is 0.573. The van der Waals surface area contributed by atoms with E-state index in [4.69, 9.17) is 0 Å². The highest BCUT2D eigenvalue weighted by Gasteiger charge is 2.43. The predicted octanol–water partition coefficient (Wildman–Crippen LogP) is 1.90. The molecule has 1 aliphatic heterocycles. The number of aliphatic hydroxyl groups excluding tert-OH is 2. The van der Waals surface area contributed by atoms with Gasteiger partial charge in [-0.1, -0.05) is 26.0 Å². The first-order valence-corrected chi connectivity index (χ1v) is 7.90. The van der Waals surface area contributed by atoms with Gasteiger partial charge in [0.2, 0.25) is 0 Å². The molecule has 0 aromatic heterocycles. The van der Waals surface area contributed by atoms with Crippen LogP contribution in [0.25, 0.3) is 0 Å². The van der Waals surface area contributed by atoms with Crippen LogP contribution in [0.15, 0.2) is 35.6 Å². The summed E-state index contributed by atoms with van der Waals surface area (Å²) in [6.45, 7) is 3.20. The SMILES string of the molecule is CC(C)CC(=O)C1=C(O)C(=O)N(CCO)C1c1cccc([N+](=O)[O-])c1. The van der Waals surface area contributed by atoms with E-state index in [9.17, 15) is 29.9 Å². The van der Waals surface area contributed by atoms with Gasteiger partial charge in [-0.3, -0.25) is 19.7 Å². The van der Waals surface area contributed by atoms with Crippen LogP contribution in [0.4, 0.5) is 5.69 Å². The van der Waals surface area contributed by atoms with Crippen molar-refractivity contribution in [3.8, 4) is 0 Å². The van der Waals surface area contributed by atoms with Gasteiger partial charge in [0.25, 0.3) is 11.6 Å². The third kappa shape index (κ3) is 3.69. The van der Waals surface area contributed by atoms with E-state index in [-0.39, 0.29) is 36.8 Å². The minimum Gasteiger partial charge on any atom is -0.503 e. The molecular formula is C17H20N2O6. The topological polar surface area (TPSA) is 121 Å². The number of carbonyl (C=O) groups excluding carboxylic acids is 2. The molecule has 2 rings (SSSR count). The Morgan fingerprint density at radius 2 is 2.08 bits per heavy atom. The lowest BCUT2D eigenvalue weighted by Gasteiger charge is -2.26. The van der Waals surface area contributed by atoms with Gasteiger partial charge in [-0.25, -0.2) is 0 Å². The lowest BCUT2D eigenvalue weighted by molar-refractivity contribution is -0.384. The number of Topliss-reactive ketones (excluding diaryl/α,β-unsaturated/α-hetero) is 1. The van der Waals surface area contributed by atoms with E-state index in [1.807, 2.05) is 13.8 Å². The first-order chi connectivity index (χ1) is 11.8. The van der Waals surface area contributed by atoms with Crippen molar-refractivity contribution in [2.75, 3.05) is 13.2 Å². The molecular weight excluding hydrogens is 328 g/mol. The molecule has 8 heteroatoms. The number of β-amino-alcohol motifs (C(OH)–C–C–N with tert-alkyl or cyclic N) is 1. The molecule has 1 heterocycles. The van der Waals surface area contributed by atoms with Crippen molar-refractivity contribution in [2.45, 2.75) is 26.3 Å². The summed E-state index contributed by atoms with van der Waals surface area (Å²) in [7, 11) is 0. The van der Waals surface area contributed by atoms with Crippen LogP contribution in [0.1, 0.15) is 31.9 Å². The Morgan fingerprint density at radius 3 is 2.64 bits per heavy atom. The maximum absolute atomic E-state index is 12.6. The zero-order chi connectivity index (χ0) is 18.7. The van der Waals surface area contributed by atoms with Gasteiger partial charge in [-0.05, 0) is 11.5 Å². The standard InChI is InChI=1S/C17H20N2O6/c1-10(2)8-13(21)14-15(18(6-7-20)17(23)16(14)22)11-4-3-5-12(9-11)19(24)25/h3-5,9-10,15,20,22H,6-8H2,1-2H3. The second kappa shape index (κ2) is 7.43. The summed E-state index contributed by atoms with van der Waals surface area (Å²) in [4.78, 5) is 36.5. The third-order valence-corrected chi connectivity index (χ3v) is 3.94. The second-order valence-electron chi connectivity index (χ2n) is 6.26. The van der Waals surface area contributed by atoms with E-state index in [1.54, 1.807) is 6.07 Å². The van der Waals surface area contributed by atoms with Crippen LogP contribution in [-0.2, 0) is 9.59 Å². The average molecular weight is 348 g/mol. The smallest absolute Gasteiger partial charge is 0.290 e. The molecule has 1 aromatic rings. The molecule has 1 aliphatic rings. The van der Waals surface area contributed by atoms with Crippen molar-refractivity contribution in [1.29, 1.82) is 0 Å². The van der Waals surface area contributed by atoms with Gasteiger partial charge < -0.3 is 15.1 Å². The normalized spacial score (nSPS) is 17.5. The maximum Gasteiger partial charge on any atom is 0.290 e. The van der Waals surface area contributed by atoms with Gasteiger partial charge in [-0.2, -0.15) is 0 Å². The number of nitro benzene ring substituents is 1. The second-order valence-corrected chi connectivity index (χ2v) is 6.26. The Kier molecular flexibility index (Phi) is 5.53. The van der Waals surface area contributed by atoms with Crippen LogP contribution < -0.4 is 0 Å². The fourth-order valence-corrected chi connectivity index (χ4v) is 2.91. The van der Waals surface area contributed by atoms with Crippen molar-refractivity contribution in [3.05, 3.63) is 51.3 Å². The number of non-ortho nitro benzene ring substituents is 1. The molecule has 1 unspecified atom stereocenters. The molecule has 0 fully saturated rings. The lowest BCUT2D eigenvalue weighted by Crippen LogP contribution is -2.33. The van der Waals surface area contributed by atoms with Crippen molar-refractivity contribution in [1.82, 2.24) is 4.90 Å². The largest absolute Gasteiger partial charge is 0.503 e. The van der Waals surface area contributed by atoms with Crippen LogP contribution in [0, 0.1) is 16.0 Å². The Labute approximate surface area is 144 Å². The highest BCUT2D eigenvalue weighted by Crippen LogP contribution is 2.39. The van der Waals surface area contributed by atoms with E-state index in [2.05, 4.69) is 0 Å². The zero-order valence-electron chi connectivity index (χ0n) is 14.0. The number of carbonyl (C=O) groups is 2. The number of rotatable bonds is 7. The van der Waals surface area contributed by atoms with E-state index < -0.39 is 28.4 Å². The Bertz CT molecular complexity index is 740. The summed E-state index contributed by atoms with van der Waals surface area (Å²) in [6, 6.07) is 4.62. The van der Waals surface area contributed by atoms with Crippen LogP contribution in [-0.4, -0.2) is 44.9 Å². The summed E-state index contributed by atoms with van der Waals surface area (Å²) >= 11 is 0. The Hall–Kier alpha value is -2.74. The van der Waals surface area contributed by atoms with Crippen molar-refractivity contribution < 1.29 is 24.7 Å². The summed E-state index contributed by atoms with van der Waals surface area (Å²) in [6.07, 6.45) is 0.130. The first-order valence-electron chi connectivity index (χ1n) is 7.90. The molecule has 0 saturated carbocycles. The number of hydrogen-bond donors (Lipinski definition) is 2. The fourth-order valence-electron chi connectivity index (χ4n) is 2.91. The van der Waals surface area contributed by atoms with E-state index >= 15 is 0 Å². The number of nitro groups is 1. The summed E-state index contributed by atoms with van der Waals surface area (Å²) in [5.74, 6) is -1.80.